The highest BCUT2D eigenvalue weighted by Gasteiger charge is 2.22. The molecule has 0 fully saturated rings. The van der Waals surface area contributed by atoms with Crippen molar-refractivity contribution in [2.75, 3.05) is 12.4 Å². The summed E-state index contributed by atoms with van der Waals surface area (Å²) < 4.78 is 4.87. The Kier molecular flexibility index (Phi) is 6.71. The summed E-state index contributed by atoms with van der Waals surface area (Å²) in [5, 5.41) is 3.10. The minimum absolute atomic E-state index is 0.0221. The molecular formula is C21H22N2O4S. The average Bonchev–Trinajstić information content (AvgIpc) is 2.71. The predicted molar refractivity (Wildman–Crippen MR) is 107 cm³/mol. The van der Waals surface area contributed by atoms with Crippen LogP contribution in [0.25, 0.3) is 0 Å². The second-order valence-corrected chi connectivity index (χ2v) is 7.56. The van der Waals surface area contributed by atoms with Crippen LogP contribution < -0.4 is 11.1 Å². The molecule has 0 radical (unpaired) electrons. The number of primary amides is 1. The summed E-state index contributed by atoms with van der Waals surface area (Å²) in [5.41, 5.74) is 7.78. The second-order valence-electron chi connectivity index (χ2n) is 6.54. The number of nitrogens with one attached hydrogen (secondary N) is 1. The van der Waals surface area contributed by atoms with E-state index in [1.807, 2.05) is 12.1 Å². The van der Waals surface area contributed by atoms with Crippen molar-refractivity contribution in [1.82, 2.24) is 5.32 Å². The fourth-order valence-corrected chi connectivity index (χ4v) is 4.11. The number of ether oxygens (including phenoxy) is 1. The maximum absolute atomic E-state index is 12.5. The minimum atomic E-state index is -0.717. The Labute approximate surface area is 167 Å². The van der Waals surface area contributed by atoms with E-state index in [-0.39, 0.29) is 17.7 Å². The number of aryl methyl sites for hydroxylation is 1. The van der Waals surface area contributed by atoms with Crippen LogP contribution in [0, 0.1) is 0 Å². The first-order chi connectivity index (χ1) is 13.5. The van der Waals surface area contributed by atoms with Crippen molar-refractivity contribution in [1.29, 1.82) is 0 Å². The van der Waals surface area contributed by atoms with Gasteiger partial charge in [-0.05, 0) is 42.5 Å². The zero-order chi connectivity index (χ0) is 19.9. The number of carbonyl (C=O) groups excluding carboxylic acids is 3. The number of amides is 2. The van der Waals surface area contributed by atoms with Crippen LogP contribution in [0.4, 0.5) is 0 Å². The summed E-state index contributed by atoms with van der Waals surface area (Å²) in [6.07, 6.45) is 3.01. The quantitative estimate of drug-likeness (QED) is 0.552. The van der Waals surface area contributed by atoms with Crippen LogP contribution in [0.15, 0.2) is 53.4 Å². The van der Waals surface area contributed by atoms with E-state index < -0.39 is 18.5 Å². The van der Waals surface area contributed by atoms with Crippen molar-refractivity contribution in [3.8, 4) is 0 Å². The Morgan fingerprint density at radius 1 is 1.11 bits per heavy atom. The van der Waals surface area contributed by atoms with Crippen LogP contribution in [0.3, 0.4) is 0 Å². The van der Waals surface area contributed by atoms with Gasteiger partial charge in [0.25, 0.3) is 5.91 Å². The summed E-state index contributed by atoms with van der Waals surface area (Å²) >= 11 is 1.26. The lowest BCUT2D eigenvalue weighted by Gasteiger charge is -2.26. The van der Waals surface area contributed by atoms with Gasteiger partial charge in [-0.15, -0.1) is 11.8 Å². The molecule has 0 aromatic heterocycles. The molecular weight excluding hydrogens is 376 g/mol. The molecule has 0 bridgehead atoms. The number of fused-ring (bicyclic) bond motifs is 1. The highest BCUT2D eigenvalue weighted by molar-refractivity contribution is 8.00. The third kappa shape index (κ3) is 5.13. The van der Waals surface area contributed by atoms with Crippen LogP contribution in [-0.4, -0.2) is 30.1 Å². The predicted octanol–water partition coefficient (Wildman–Crippen LogP) is 2.61. The molecule has 1 aliphatic rings. The summed E-state index contributed by atoms with van der Waals surface area (Å²) in [6, 6.07) is 15.0. The van der Waals surface area contributed by atoms with E-state index in [1.54, 1.807) is 24.3 Å². The van der Waals surface area contributed by atoms with Crippen LogP contribution in [-0.2, 0) is 20.7 Å². The number of esters is 1. The van der Waals surface area contributed by atoms with Gasteiger partial charge in [0.05, 0.1) is 17.4 Å². The van der Waals surface area contributed by atoms with Gasteiger partial charge in [-0.1, -0.05) is 36.4 Å². The van der Waals surface area contributed by atoms with Crippen LogP contribution in [0.5, 0.6) is 0 Å². The Hall–Kier alpha value is -2.80. The van der Waals surface area contributed by atoms with Gasteiger partial charge in [0.1, 0.15) is 0 Å². The van der Waals surface area contributed by atoms with Crippen molar-refractivity contribution in [2.45, 2.75) is 30.2 Å². The number of nitrogens with two attached hydrogens (primary N) is 1. The largest absolute Gasteiger partial charge is 0.452 e. The van der Waals surface area contributed by atoms with Crippen LogP contribution in [0.1, 0.15) is 40.4 Å². The molecule has 0 spiro atoms. The standard InChI is InChI=1S/C21H22N2O4S/c22-19(24)12-27-21(26)16-9-3-4-11-18(16)28-13-20(25)23-17-10-5-7-14-6-1-2-8-15(14)17/h1-4,6,8-9,11,17H,5,7,10,12-13H2,(H2,22,24)(H,23,25)/t17-/m0/s1. The molecule has 2 aromatic rings. The maximum Gasteiger partial charge on any atom is 0.339 e. The lowest BCUT2D eigenvalue weighted by Crippen LogP contribution is -2.32. The molecule has 3 rings (SSSR count). The minimum Gasteiger partial charge on any atom is -0.452 e. The molecule has 146 valence electrons. The normalized spacial score (nSPS) is 15.4. The van der Waals surface area contributed by atoms with Crippen molar-refractivity contribution < 1.29 is 19.1 Å². The molecule has 0 aliphatic heterocycles. The van der Waals surface area contributed by atoms with Gasteiger partial charge in [0.2, 0.25) is 5.91 Å². The van der Waals surface area contributed by atoms with Crippen molar-refractivity contribution in [2.24, 2.45) is 5.73 Å². The molecule has 1 aliphatic carbocycles. The second kappa shape index (κ2) is 9.41. The zero-order valence-electron chi connectivity index (χ0n) is 15.4. The Balaban J connectivity index is 1.60. The highest BCUT2D eigenvalue weighted by atomic mass is 32.2. The van der Waals surface area contributed by atoms with E-state index >= 15 is 0 Å². The summed E-state index contributed by atoms with van der Waals surface area (Å²) in [5.74, 6) is -1.26. The molecule has 0 saturated heterocycles. The van der Waals surface area contributed by atoms with Gasteiger partial charge < -0.3 is 15.8 Å². The van der Waals surface area contributed by atoms with E-state index in [2.05, 4.69) is 17.4 Å². The van der Waals surface area contributed by atoms with Gasteiger partial charge in [0.15, 0.2) is 6.61 Å². The number of thioether (sulfide) groups is 1. The number of rotatable bonds is 7. The van der Waals surface area contributed by atoms with Gasteiger partial charge in [0, 0.05) is 4.90 Å². The average molecular weight is 398 g/mol. The Morgan fingerprint density at radius 3 is 2.68 bits per heavy atom. The van der Waals surface area contributed by atoms with Crippen LogP contribution >= 0.6 is 11.8 Å². The molecule has 2 amide bonds. The van der Waals surface area contributed by atoms with E-state index in [0.717, 1.165) is 19.3 Å². The molecule has 0 heterocycles. The third-order valence-corrected chi connectivity index (χ3v) is 5.59. The first-order valence-corrected chi connectivity index (χ1v) is 10.1. The molecule has 6 nitrogen and oxygen atoms in total. The molecule has 2 aromatic carbocycles. The maximum atomic E-state index is 12.5. The van der Waals surface area contributed by atoms with Crippen molar-refractivity contribution >= 4 is 29.5 Å². The van der Waals surface area contributed by atoms with Gasteiger partial charge in [-0.2, -0.15) is 0 Å². The summed E-state index contributed by atoms with van der Waals surface area (Å²) in [4.78, 5) is 36.0. The van der Waals surface area contributed by atoms with Gasteiger partial charge in [-0.25, -0.2) is 4.79 Å². The lowest BCUT2D eigenvalue weighted by molar-refractivity contribution is -0.121. The van der Waals surface area contributed by atoms with E-state index in [1.165, 1.54) is 22.9 Å². The number of hydrogen-bond donors (Lipinski definition) is 2. The smallest absolute Gasteiger partial charge is 0.339 e. The molecule has 0 saturated carbocycles. The molecule has 0 unspecified atom stereocenters. The Bertz CT molecular complexity index is 884. The molecule has 28 heavy (non-hydrogen) atoms. The molecule has 1 atom stereocenters. The van der Waals surface area contributed by atoms with Gasteiger partial charge >= 0.3 is 5.97 Å². The summed E-state index contributed by atoms with van der Waals surface area (Å²) in [7, 11) is 0. The number of carbonyl (C=O) groups is 3. The molecule has 7 heteroatoms. The summed E-state index contributed by atoms with van der Waals surface area (Å²) in [6.45, 7) is -0.473. The number of benzene rings is 2. The third-order valence-electron chi connectivity index (χ3n) is 4.52. The zero-order valence-corrected chi connectivity index (χ0v) is 16.2. The van der Waals surface area contributed by atoms with Crippen molar-refractivity contribution in [3.63, 3.8) is 0 Å². The van der Waals surface area contributed by atoms with Crippen LogP contribution in [0.2, 0.25) is 0 Å². The van der Waals surface area contributed by atoms with E-state index in [4.69, 9.17) is 10.5 Å². The van der Waals surface area contributed by atoms with Crippen molar-refractivity contribution in [3.05, 3.63) is 65.2 Å². The first kappa shape index (κ1) is 19.9. The fourth-order valence-electron chi connectivity index (χ4n) is 3.26. The topological polar surface area (TPSA) is 98.5 Å². The van der Waals surface area contributed by atoms with Gasteiger partial charge in [-0.3, -0.25) is 9.59 Å². The van der Waals surface area contributed by atoms with E-state index in [0.29, 0.717) is 10.5 Å². The first-order valence-electron chi connectivity index (χ1n) is 9.09. The lowest BCUT2D eigenvalue weighted by atomic mass is 9.88. The molecule has 3 N–H and O–H groups in total. The fraction of sp³-hybridized carbons (Fsp3) is 0.286. The monoisotopic (exact) mass is 398 g/mol. The number of hydrogen-bond acceptors (Lipinski definition) is 5. The SMILES string of the molecule is NC(=O)COC(=O)c1ccccc1SCC(=O)N[C@H]1CCCc2ccccc21. The van der Waals surface area contributed by atoms with E-state index in [9.17, 15) is 14.4 Å². The Morgan fingerprint density at radius 2 is 1.86 bits per heavy atom. The highest BCUT2D eigenvalue weighted by Crippen LogP contribution is 2.30.